The van der Waals surface area contributed by atoms with Crippen molar-refractivity contribution in [2.75, 3.05) is 10.0 Å². The molecule has 31 heavy (non-hydrogen) atoms. The van der Waals surface area contributed by atoms with Gasteiger partial charge in [0.1, 0.15) is 10.6 Å². The summed E-state index contributed by atoms with van der Waals surface area (Å²) in [4.78, 5) is 11.6. The average Bonchev–Trinajstić information content (AvgIpc) is 3.12. The number of amides is 1. The summed E-state index contributed by atoms with van der Waals surface area (Å²) < 4.78 is 71.5. The van der Waals surface area contributed by atoms with E-state index in [2.05, 4.69) is 14.4 Å². The number of hydrogen-bond donors (Lipinski definition) is 2. The number of halogens is 3. The van der Waals surface area contributed by atoms with Crippen molar-refractivity contribution in [1.29, 1.82) is 0 Å². The number of carbonyl (C=O) groups excluding carboxylic acids is 1. The predicted octanol–water partition coefficient (Wildman–Crippen LogP) is 4.90. The smallest absolute Gasteiger partial charge is 0.326 e. The lowest BCUT2D eigenvalue weighted by Gasteiger charge is -2.12. The molecule has 4 rings (SSSR count). The molecule has 0 atom stereocenters. The van der Waals surface area contributed by atoms with Crippen LogP contribution in [0.3, 0.4) is 0 Å². The Morgan fingerprint density at radius 1 is 1.10 bits per heavy atom. The fourth-order valence-electron chi connectivity index (χ4n) is 3.29. The topological polar surface area (TPSA) is 88.2 Å². The van der Waals surface area contributed by atoms with E-state index in [4.69, 9.17) is 0 Å². The minimum Gasteiger partial charge on any atom is -0.326 e. The molecule has 11 heteroatoms. The molecule has 0 aliphatic carbocycles. The normalized spacial score (nSPS) is 14.5. The molecule has 2 heterocycles. The van der Waals surface area contributed by atoms with E-state index in [1.54, 1.807) is 12.1 Å². The van der Waals surface area contributed by atoms with Gasteiger partial charge in [0.2, 0.25) is 5.91 Å². The molecule has 0 saturated carbocycles. The second kappa shape index (κ2) is 7.97. The molecule has 0 radical (unpaired) electrons. The van der Waals surface area contributed by atoms with Gasteiger partial charge in [0.05, 0.1) is 11.3 Å². The van der Waals surface area contributed by atoms with Gasteiger partial charge in [-0.15, -0.1) is 0 Å². The van der Waals surface area contributed by atoms with Crippen molar-refractivity contribution in [3.05, 3.63) is 59.0 Å². The molecule has 1 aliphatic heterocycles. The molecule has 0 fully saturated rings. The quantitative estimate of drug-likeness (QED) is 0.571. The van der Waals surface area contributed by atoms with Crippen molar-refractivity contribution in [1.82, 2.24) is 4.37 Å². The number of alkyl halides is 3. The number of sulfonamides is 1. The van der Waals surface area contributed by atoms with Gasteiger partial charge in [-0.1, -0.05) is 18.2 Å². The van der Waals surface area contributed by atoms with Gasteiger partial charge in [0, 0.05) is 23.1 Å². The summed E-state index contributed by atoms with van der Waals surface area (Å²) in [6.07, 6.45) is -2.79. The van der Waals surface area contributed by atoms with Gasteiger partial charge >= 0.3 is 6.18 Å². The SMILES string of the molecule is O=C1CCCc2ccc(NS(=O)(=O)c3csnc3-c3cccc(C(F)(F)F)c3)cc2N1. The van der Waals surface area contributed by atoms with Crippen LogP contribution in [0.1, 0.15) is 24.0 Å². The highest BCUT2D eigenvalue weighted by atomic mass is 32.2. The Morgan fingerprint density at radius 2 is 1.90 bits per heavy atom. The zero-order valence-corrected chi connectivity index (χ0v) is 17.5. The first-order valence-electron chi connectivity index (χ1n) is 9.21. The fraction of sp³-hybridized carbons (Fsp3) is 0.200. The van der Waals surface area contributed by atoms with Gasteiger partial charge in [0.15, 0.2) is 0 Å². The molecule has 1 aromatic heterocycles. The monoisotopic (exact) mass is 467 g/mol. The standard InChI is InChI=1S/C20H16F3N3O3S2/c21-20(22,23)14-5-1-4-13(9-14)19-17(11-30-25-19)31(28,29)26-15-8-7-12-3-2-6-18(27)24-16(12)10-15/h1,4-5,7-11,26H,2-3,6H2,(H,24,27). The Hall–Kier alpha value is -2.92. The van der Waals surface area contributed by atoms with E-state index in [1.165, 1.54) is 23.6 Å². The Kier molecular flexibility index (Phi) is 5.48. The van der Waals surface area contributed by atoms with Crippen LogP contribution >= 0.6 is 11.5 Å². The Balaban J connectivity index is 1.66. The molecule has 2 aromatic carbocycles. The zero-order valence-electron chi connectivity index (χ0n) is 15.9. The van der Waals surface area contributed by atoms with Crippen LogP contribution in [0, 0.1) is 0 Å². The van der Waals surface area contributed by atoms with Crippen molar-refractivity contribution in [2.24, 2.45) is 0 Å². The van der Waals surface area contributed by atoms with E-state index in [-0.39, 0.29) is 27.7 Å². The van der Waals surface area contributed by atoms with Crippen molar-refractivity contribution < 1.29 is 26.4 Å². The van der Waals surface area contributed by atoms with E-state index in [0.717, 1.165) is 29.2 Å². The average molecular weight is 467 g/mol. The van der Waals surface area contributed by atoms with Crippen LogP contribution in [0.5, 0.6) is 0 Å². The summed E-state index contributed by atoms with van der Waals surface area (Å²) in [5, 5.41) is 4.02. The molecular formula is C20H16F3N3O3S2. The molecule has 2 N–H and O–H groups in total. The third-order valence-electron chi connectivity index (χ3n) is 4.78. The number of aromatic nitrogens is 1. The van der Waals surface area contributed by atoms with E-state index in [0.29, 0.717) is 24.9 Å². The van der Waals surface area contributed by atoms with E-state index < -0.39 is 21.8 Å². The lowest BCUT2D eigenvalue weighted by Crippen LogP contribution is -2.14. The Morgan fingerprint density at radius 3 is 2.68 bits per heavy atom. The minimum absolute atomic E-state index is 0.0469. The van der Waals surface area contributed by atoms with Gasteiger partial charge in [-0.05, 0) is 54.2 Å². The number of nitrogens with one attached hydrogen (secondary N) is 2. The van der Waals surface area contributed by atoms with Crippen molar-refractivity contribution in [2.45, 2.75) is 30.3 Å². The van der Waals surface area contributed by atoms with Gasteiger partial charge < -0.3 is 5.32 Å². The first-order chi connectivity index (χ1) is 14.6. The Bertz CT molecular complexity index is 1250. The van der Waals surface area contributed by atoms with E-state index in [1.807, 2.05) is 0 Å². The molecule has 0 spiro atoms. The summed E-state index contributed by atoms with van der Waals surface area (Å²) in [6, 6.07) is 9.20. The number of anilines is 2. The largest absolute Gasteiger partial charge is 0.416 e. The van der Waals surface area contributed by atoms with Crippen LogP contribution in [-0.4, -0.2) is 18.7 Å². The number of nitrogens with zero attached hydrogens (tertiary/aromatic N) is 1. The highest BCUT2D eigenvalue weighted by Gasteiger charge is 2.31. The molecule has 0 saturated heterocycles. The summed E-state index contributed by atoms with van der Waals surface area (Å²) in [5.41, 5.74) is 0.746. The van der Waals surface area contributed by atoms with Crippen LogP contribution in [0.15, 0.2) is 52.7 Å². The molecule has 3 aromatic rings. The zero-order chi connectivity index (χ0) is 22.2. The number of fused-ring (bicyclic) bond motifs is 1. The second-order valence-electron chi connectivity index (χ2n) is 6.99. The second-order valence-corrected chi connectivity index (χ2v) is 9.27. The van der Waals surface area contributed by atoms with Crippen molar-refractivity contribution in [3.63, 3.8) is 0 Å². The number of rotatable bonds is 4. The predicted molar refractivity (Wildman–Crippen MR) is 111 cm³/mol. The number of hydrogen-bond acceptors (Lipinski definition) is 5. The molecule has 1 aliphatic rings. The van der Waals surface area contributed by atoms with Gasteiger partial charge in [-0.3, -0.25) is 9.52 Å². The van der Waals surface area contributed by atoms with Gasteiger partial charge in [-0.2, -0.15) is 17.5 Å². The number of benzene rings is 2. The van der Waals surface area contributed by atoms with E-state index >= 15 is 0 Å². The Labute approximate surface area is 180 Å². The van der Waals surface area contributed by atoms with Gasteiger partial charge in [0.25, 0.3) is 10.0 Å². The highest BCUT2D eigenvalue weighted by Crippen LogP contribution is 2.35. The lowest BCUT2D eigenvalue weighted by atomic mass is 10.1. The molecule has 1 amide bonds. The van der Waals surface area contributed by atoms with Crippen LogP contribution in [0.4, 0.5) is 24.5 Å². The van der Waals surface area contributed by atoms with Crippen LogP contribution in [0.25, 0.3) is 11.3 Å². The molecular weight excluding hydrogens is 451 g/mol. The summed E-state index contributed by atoms with van der Waals surface area (Å²) in [5.74, 6) is -0.146. The third-order valence-corrected chi connectivity index (χ3v) is 6.95. The summed E-state index contributed by atoms with van der Waals surface area (Å²) in [6.45, 7) is 0. The van der Waals surface area contributed by atoms with Crippen LogP contribution < -0.4 is 10.0 Å². The first kappa shape index (κ1) is 21.3. The summed E-state index contributed by atoms with van der Waals surface area (Å²) >= 11 is 0.830. The number of carbonyl (C=O) groups is 1. The maximum absolute atomic E-state index is 13.0. The van der Waals surface area contributed by atoms with E-state index in [9.17, 15) is 26.4 Å². The molecule has 0 unspecified atom stereocenters. The maximum Gasteiger partial charge on any atom is 0.416 e. The maximum atomic E-state index is 13.0. The van der Waals surface area contributed by atoms with Crippen LogP contribution in [-0.2, 0) is 27.4 Å². The first-order valence-corrected chi connectivity index (χ1v) is 11.5. The lowest BCUT2D eigenvalue weighted by molar-refractivity contribution is -0.137. The minimum atomic E-state index is -4.56. The third kappa shape index (κ3) is 4.57. The summed E-state index contributed by atoms with van der Waals surface area (Å²) in [7, 11) is -4.14. The van der Waals surface area contributed by atoms with Crippen LogP contribution in [0.2, 0.25) is 0 Å². The van der Waals surface area contributed by atoms with Crippen molar-refractivity contribution in [3.8, 4) is 11.3 Å². The van der Waals surface area contributed by atoms with Gasteiger partial charge in [-0.25, -0.2) is 8.42 Å². The number of aryl methyl sites for hydroxylation is 1. The molecule has 0 bridgehead atoms. The highest BCUT2D eigenvalue weighted by molar-refractivity contribution is 7.93. The molecule has 6 nitrogen and oxygen atoms in total. The fourth-order valence-corrected chi connectivity index (χ4v) is 5.52. The molecule has 162 valence electrons. The van der Waals surface area contributed by atoms with Crippen molar-refractivity contribution >= 4 is 38.8 Å².